The third-order valence-electron chi connectivity index (χ3n) is 13.5. The van der Waals surface area contributed by atoms with Gasteiger partial charge in [-0.15, -0.1) is 0 Å². The summed E-state index contributed by atoms with van der Waals surface area (Å²) in [5, 5.41) is 31.2. The van der Waals surface area contributed by atoms with Crippen molar-refractivity contribution in [1.82, 2.24) is 69.6 Å². The Morgan fingerprint density at radius 2 is 1.06 bits per heavy atom. The summed E-state index contributed by atoms with van der Waals surface area (Å²) in [6.45, 7) is 6.98. The van der Waals surface area contributed by atoms with Crippen molar-refractivity contribution >= 4 is 49.6 Å². The van der Waals surface area contributed by atoms with E-state index in [1.807, 2.05) is 28.9 Å². The molecule has 6 aromatic heterocycles. The molecule has 22 nitrogen and oxygen atoms in total. The molecule has 8 heterocycles. The zero-order valence-electron chi connectivity index (χ0n) is 44.9. The maximum absolute atomic E-state index is 14.3. The zero-order valence-corrected chi connectivity index (χ0v) is 46.5. The molecule has 12 rings (SSSR count). The lowest BCUT2D eigenvalue weighted by Gasteiger charge is -2.18. The smallest absolute Gasteiger partial charge is 0.179 e. The van der Waals surface area contributed by atoms with E-state index in [1.165, 1.54) is 36.9 Å². The van der Waals surface area contributed by atoms with Gasteiger partial charge in [0.1, 0.15) is 112 Å². The van der Waals surface area contributed by atoms with Crippen LogP contribution in [0.25, 0.3) is 44.6 Å². The van der Waals surface area contributed by atoms with Gasteiger partial charge in [0.15, 0.2) is 17.5 Å². The highest BCUT2D eigenvalue weighted by molar-refractivity contribution is 9.12. The van der Waals surface area contributed by atoms with Crippen molar-refractivity contribution in [3.05, 3.63) is 157 Å². The molecule has 2 atom stereocenters. The average molecular weight is 1180 g/mol. The van der Waals surface area contributed by atoms with Crippen LogP contribution in [0.15, 0.2) is 122 Å². The number of hydrogen-bond donors (Lipinski definition) is 3. The van der Waals surface area contributed by atoms with Gasteiger partial charge in [0.05, 0.1) is 29.9 Å². The molecule has 0 bridgehead atoms. The molecule has 0 radical (unpaired) electrons. The summed E-state index contributed by atoms with van der Waals surface area (Å²) >= 11 is 2.45. The van der Waals surface area contributed by atoms with Crippen LogP contribution in [0.2, 0.25) is 0 Å². The second-order valence-corrected chi connectivity index (χ2v) is 19.7. The van der Waals surface area contributed by atoms with E-state index in [0.29, 0.717) is 105 Å². The van der Waals surface area contributed by atoms with Crippen molar-refractivity contribution in [3.8, 4) is 68.2 Å². The van der Waals surface area contributed by atoms with E-state index in [9.17, 15) is 14.0 Å². The van der Waals surface area contributed by atoms with Crippen LogP contribution in [0, 0.1) is 47.2 Å². The van der Waals surface area contributed by atoms with E-state index in [4.69, 9.17) is 45.9 Å². The molecule has 2 saturated heterocycles. The summed E-state index contributed by atoms with van der Waals surface area (Å²) in [6, 6.07) is 23.4. The summed E-state index contributed by atoms with van der Waals surface area (Å²) in [5.74, 6) is 3.38. The highest BCUT2D eigenvalue weighted by Crippen LogP contribution is 2.36. The predicted octanol–water partition coefficient (Wildman–Crippen LogP) is 9.93. The van der Waals surface area contributed by atoms with E-state index in [-0.39, 0.29) is 19.3 Å². The van der Waals surface area contributed by atoms with Crippen molar-refractivity contribution in [2.45, 2.75) is 77.9 Å². The zero-order chi connectivity index (χ0) is 57.8. The second-order valence-electron chi connectivity index (χ2n) is 19.3. The summed E-state index contributed by atoms with van der Waals surface area (Å²) in [4.78, 5) is 37.2. The average Bonchev–Trinajstić information content (AvgIpc) is 4.48. The summed E-state index contributed by atoms with van der Waals surface area (Å²) in [5.41, 5.74) is 18.3. The fourth-order valence-electron chi connectivity index (χ4n) is 9.51. The van der Waals surface area contributed by atoms with Crippen molar-refractivity contribution in [2.24, 2.45) is 0 Å². The van der Waals surface area contributed by atoms with Crippen LogP contribution in [-0.2, 0) is 26.3 Å². The third kappa shape index (κ3) is 14.0. The number of rotatable bonds is 16. The fraction of sp³-hybridized carbons (Fsp3) is 0.241. The standard InChI is InChI=1S/C29H26FN9O2.C28H27FN8O2.CBrN/c1-18-33-12-19(13-34-18)15-40-24-9-21(30)10-25(11-24)41-23-6-4-20(5-7-23)27-26-28(32)35-17-36-29(26)39(37-27)14-22-3-2-8-38(22)16-31;1-17-32-12-18(13-33-17)15-38-23-9-20(29)10-24(11-23)39-22-6-4-19(5-7-22)26-25-27(30)34-16-35-28(25)37(36-26)14-21-3-2-8-31-21;2-1-3/h4-7,9-13,17,22H,2-3,8,14-15H2,1H3,(H2,32,35,36);4-7,9-13,16,21,31H,2-3,8,14-15H2,1H3,(H2,30,34,35);/t22-;21-;/m11./s1. The highest BCUT2D eigenvalue weighted by Gasteiger charge is 2.27. The molecule has 420 valence electrons. The predicted molar refractivity (Wildman–Crippen MR) is 306 cm³/mol. The Morgan fingerprint density at radius 1 is 0.602 bits per heavy atom. The highest BCUT2D eigenvalue weighted by atomic mass is 79.9. The van der Waals surface area contributed by atoms with E-state index >= 15 is 0 Å². The summed E-state index contributed by atoms with van der Waals surface area (Å²) in [7, 11) is 0. The van der Waals surface area contributed by atoms with Gasteiger partial charge in [-0.1, -0.05) is 0 Å². The Kier molecular flexibility index (Phi) is 17.7. The number of aromatic nitrogens is 12. The number of ether oxygens (including phenoxy) is 4. The minimum atomic E-state index is -0.487. The first kappa shape index (κ1) is 56.3. The van der Waals surface area contributed by atoms with Crippen molar-refractivity contribution < 1.29 is 27.7 Å². The molecule has 0 unspecified atom stereocenters. The first-order chi connectivity index (χ1) is 40.4. The van der Waals surface area contributed by atoms with Crippen molar-refractivity contribution in [1.29, 1.82) is 10.5 Å². The van der Waals surface area contributed by atoms with Gasteiger partial charge < -0.3 is 40.6 Å². The van der Waals surface area contributed by atoms with Gasteiger partial charge in [-0.05, 0) is 94.6 Å². The van der Waals surface area contributed by atoms with Gasteiger partial charge in [0, 0.05) is 112 Å². The van der Waals surface area contributed by atoms with E-state index < -0.39 is 11.6 Å². The van der Waals surface area contributed by atoms with E-state index in [2.05, 4.69) is 67.3 Å². The lowest BCUT2D eigenvalue weighted by molar-refractivity contribution is 0.301. The quantitative estimate of drug-likeness (QED) is 0.0758. The van der Waals surface area contributed by atoms with Crippen LogP contribution in [0.5, 0.6) is 34.5 Å². The number of likely N-dealkylation sites (tertiary alicyclic amines) is 1. The molecule has 2 aliphatic rings. The number of hydrogen-bond acceptors (Lipinski definition) is 20. The van der Waals surface area contributed by atoms with Gasteiger partial charge in [-0.2, -0.15) is 20.7 Å². The number of nitrogen functional groups attached to an aromatic ring is 2. The van der Waals surface area contributed by atoms with Crippen LogP contribution in [0.4, 0.5) is 20.4 Å². The van der Waals surface area contributed by atoms with Crippen LogP contribution in [-0.4, -0.2) is 89.5 Å². The number of nitrogens with two attached hydrogens (primary N) is 2. The van der Waals surface area contributed by atoms with Gasteiger partial charge in [-0.25, -0.2) is 58.0 Å². The Hall–Kier alpha value is -9.98. The largest absolute Gasteiger partial charge is 0.489 e. The SMILES string of the molecule is Cc1ncc(COc2cc(F)cc(Oc3ccc(-c4nn(C[C@H]5CCCN5)c5ncnc(N)c45)cc3)c2)cn1.Cc1ncc(COc2cc(F)cc(Oc3ccc(-c4nn(C[C@H]5CCCN5C#N)c5ncnc(N)c45)cc3)c2)cn1.N#CBr. The number of halogens is 3. The number of nitrogens with one attached hydrogen (secondary N) is 1. The molecule has 25 heteroatoms. The number of nitrogens with zero attached hydrogens (tertiary/aromatic N) is 15. The van der Waals surface area contributed by atoms with Crippen LogP contribution >= 0.6 is 15.9 Å². The first-order valence-corrected chi connectivity index (χ1v) is 27.0. The van der Waals surface area contributed by atoms with Crippen molar-refractivity contribution in [3.63, 3.8) is 0 Å². The Balaban J connectivity index is 0.000000177. The molecule has 4 aromatic carbocycles. The molecule has 5 N–H and O–H groups in total. The minimum absolute atomic E-state index is 0.0493. The minimum Gasteiger partial charge on any atom is -0.489 e. The number of nitriles is 2. The summed E-state index contributed by atoms with van der Waals surface area (Å²) in [6.07, 6.45) is 16.0. The topological polar surface area (TPSA) is 291 Å². The first-order valence-electron chi connectivity index (χ1n) is 26.2. The van der Waals surface area contributed by atoms with E-state index in [1.54, 1.807) is 89.6 Å². The Labute approximate surface area is 482 Å². The maximum atomic E-state index is 14.3. The second kappa shape index (κ2) is 26.1. The molecule has 83 heavy (non-hydrogen) atoms. The van der Waals surface area contributed by atoms with Crippen LogP contribution in [0.1, 0.15) is 48.5 Å². The lowest BCUT2D eigenvalue weighted by Crippen LogP contribution is -2.29. The number of benzene rings is 4. The number of aryl methyl sites for hydroxylation is 2. The van der Waals surface area contributed by atoms with Crippen LogP contribution < -0.4 is 35.7 Å². The maximum Gasteiger partial charge on any atom is 0.179 e. The van der Waals surface area contributed by atoms with Crippen LogP contribution in [0.3, 0.4) is 0 Å². The normalized spacial score (nSPS) is 14.5. The molecule has 10 aromatic rings. The molecular weight excluding hydrogens is 1130 g/mol. The van der Waals surface area contributed by atoms with Gasteiger partial charge in [0.25, 0.3) is 0 Å². The molecule has 2 fully saturated rings. The molecular formula is C58H53BrF2N18O4. The van der Waals surface area contributed by atoms with Crippen molar-refractivity contribution in [2.75, 3.05) is 24.6 Å². The molecule has 2 aliphatic heterocycles. The Bertz CT molecular complexity index is 3950. The number of anilines is 2. The summed E-state index contributed by atoms with van der Waals surface area (Å²) < 4.78 is 55.7. The third-order valence-corrected chi connectivity index (χ3v) is 13.5. The Morgan fingerprint density at radius 3 is 1.51 bits per heavy atom. The van der Waals surface area contributed by atoms with Gasteiger partial charge in [-0.3, -0.25) is 0 Å². The van der Waals surface area contributed by atoms with E-state index in [0.717, 1.165) is 66.4 Å². The number of fused-ring (bicyclic) bond motifs is 2. The lowest BCUT2D eigenvalue weighted by atomic mass is 10.1. The molecule has 0 spiro atoms. The molecule has 0 aliphatic carbocycles. The monoisotopic (exact) mass is 1180 g/mol. The fourth-order valence-corrected chi connectivity index (χ4v) is 9.51. The van der Waals surface area contributed by atoms with Gasteiger partial charge >= 0.3 is 0 Å². The molecule has 0 saturated carbocycles. The molecule has 0 amide bonds. The van der Waals surface area contributed by atoms with Gasteiger partial charge in [0.2, 0.25) is 0 Å².